The Morgan fingerprint density at radius 3 is 2.58 bits per heavy atom. The largest absolute Gasteiger partial charge is 0.484 e. The second-order valence-electron chi connectivity index (χ2n) is 8.82. The molecule has 0 spiro atoms. The number of ether oxygens (including phenoxy) is 2. The molecule has 0 amide bonds. The lowest BCUT2D eigenvalue weighted by Crippen LogP contribution is -2.55. The van der Waals surface area contributed by atoms with Crippen molar-refractivity contribution in [2.75, 3.05) is 18.5 Å². The fraction of sp³-hybridized carbons (Fsp3) is 0.478. The SMILES string of the molecule is CC1(C)CNc2cc(Cc3cc([C@@H]4O[C@H](CO)[C@@H](O)[C@H](O)[C@H]4O)ccc3Cl)ccc2O1. The molecule has 2 aromatic rings. The van der Waals surface area contributed by atoms with Gasteiger partial charge in [0, 0.05) is 5.02 Å². The molecule has 2 aromatic carbocycles. The van der Waals surface area contributed by atoms with Crippen LogP contribution in [0.5, 0.6) is 5.75 Å². The van der Waals surface area contributed by atoms with E-state index in [0.29, 0.717) is 23.6 Å². The van der Waals surface area contributed by atoms with Gasteiger partial charge in [-0.25, -0.2) is 0 Å². The Morgan fingerprint density at radius 2 is 1.84 bits per heavy atom. The Labute approximate surface area is 186 Å². The van der Waals surface area contributed by atoms with Gasteiger partial charge in [0.1, 0.15) is 41.9 Å². The second-order valence-corrected chi connectivity index (χ2v) is 9.23. The first-order valence-electron chi connectivity index (χ1n) is 10.3. The van der Waals surface area contributed by atoms with Crippen LogP contribution < -0.4 is 10.1 Å². The molecule has 168 valence electrons. The maximum absolute atomic E-state index is 10.4. The van der Waals surface area contributed by atoms with Crippen LogP contribution in [0, 0.1) is 0 Å². The molecule has 5 N–H and O–H groups in total. The van der Waals surface area contributed by atoms with E-state index in [1.165, 1.54) is 0 Å². The minimum atomic E-state index is -1.43. The zero-order valence-corrected chi connectivity index (χ0v) is 18.2. The first-order valence-corrected chi connectivity index (χ1v) is 10.7. The summed E-state index contributed by atoms with van der Waals surface area (Å²) in [5.74, 6) is 0.807. The molecule has 0 radical (unpaired) electrons. The third-order valence-electron chi connectivity index (χ3n) is 5.82. The maximum Gasteiger partial charge on any atom is 0.143 e. The van der Waals surface area contributed by atoms with Gasteiger partial charge in [-0.15, -0.1) is 0 Å². The van der Waals surface area contributed by atoms with Crippen LogP contribution in [0.1, 0.15) is 36.6 Å². The van der Waals surface area contributed by atoms with Crippen LogP contribution in [0.2, 0.25) is 5.02 Å². The Hall–Kier alpha value is -1.87. The zero-order chi connectivity index (χ0) is 22.3. The Morgan fingerprint density at radius 1 is 1.06 bits per heavy atom. The van der Waals surface area contributed by atoms with Crippen molar-refractivity contribution < 1.29 is 29.9 Å². The first kappa shape index (κ1) is 22.3. The molecule has 2 aliphatic rings. The summed E-state index contributed by atoms with van der Waals surface area (Å²) in [5.41, 5.74) is 3.13. The Bertz CT molecular complexity index is 950. The Kier molecular flexibility index (Phi) is 6.18. The van der Waals surface area contributed by atoms with Crippen molar-refractivity contribution in [2.24, 2.45) is 0 Å². The zero-order valence-electron chi connectivity index (χ0n) is 17.5. The molecule has 2 heterocycles. The lowest BCUT2D eigenvalue weighted by Gasteiger charge is -2.40. The van der Waals surface area contributed by atoms with Gasteiger partial charge in [-0.1, -0.05) is 29.8 Å². The van der Waals surface area contributed by atoms with Crippen molar-refractivity contribution in [1.29, 1.82) is 0 Å². The number of aliphatic hydroxyl groups excluding tert-OH is 4. The number of fused-ring (bicyclic) bond motifs is 1. The summed E-state index contributed by atoms with van der Waals surface area (Å²) in [6.07, 6.45) is -5.46. The normalized spacial score (nSPS) is 29.6. The molecule has 5 atom stereocenters. The van der Waals surface area contributed by atoms with Crippen LogP contribution in [0.15, 0.2) is 36.4 Å². The van der Waals surface area contributed by atoms with E-state index in [1.807, 2.05) is 38.1 Å². The molecule has 2 aliphatic heterocycles. The van der Waals surface area contributed by atoms with Gasteiger partial charge in [-0.05, 0) is 55.2 Å². The van der Waals surface area contributed by atoms with Crippen molar-refractivity contribution >= 4 is 17.3 Å². The van der Waals surface area contributed by atoms with Crippen molar-refractivity contribution in [3.8, 4) is 5.75 Å². The minimum absolute atomic E-state index is 0.266. The number of hydrogen-bond acceptors (Lipinski definition) is 7. The van der Waals surface area contributed by atoms with Crippen LogP contribution in [0.25, 0.3) is 0 Å². The molecule has 31 heavy (non-hydrogen) atoms. The first-order chi connectivity index (χ1) is 14.7. The smallest absolute Gasteiger partial charge is 0.143 e. The van der Waals surface area contributed by atoms with Crippen LogP contribution >= 0.6 is 11.6 Å². The van der Waals surface area contributed by atoms with Gasteiger partial charge in [0.15, 0.2) is 0 Å². The van der Waals surface area contributed by atoms with E-state index in [4.69, 9.17) is 21.1 Å². The topological polar surface area (TPSA) is 111 Å². The molecule has 1 fully saturated rings. The van der Waals surface area contributed by atoms with E-state index in [2.05, 4.69) is 5.32 Å². The average molecular weight is 450 g/mol. The monoisotopic (exact) mass is 449 g/mol. The predicted molar refractivity (Wildman–Crippen MR) is 117 cm³/mol. The fourth-order valence-electron chi connectivity index (χ4n) is 4.06. The molecule has 0 saturated carbocycles. The number of hydrogen-bond donors (Lipinski definition) is 5. The summed E-state index contributed by atoms with van der Waals surface area (Å²) in [6, 6.07) is 11.2. The lowest BCUT2D eigenvalue weighted by atomic mass is 9.90. The molecule has 0 aromatic heterocycles. The third kappa shape index (κ3) is 4.53. The quantitative estimate of drug-likeness (QED) is 0.485. The van der Waals surface area contributed by atoms with Crippen LogP contribution in [-0.2, 0) is 11.2 Å². The molecule has 0 aliphatic carbocycles. The van der Waals surface area contributed by atoms with Crippen LogP contribution in [-0.4, -0.2) is 63.6 Å². The van der Waals surface area contributed by atoms with E-state index in [0.717, 1.165) is 22.6 Å². The summed E-state index contributed by atoms with van der Waals surface area (Å²) in [5, 5.41) is 43.9. The molecular weight excluding hydrogens is 422 g/mol. The van der Waals surface area contributed by atoms with E-state index in [9.17, 15) is 20.4 Å². The highest BCUT2D eigenvalue weighted by Gasteiger charge is 2.44. The van der Waals surface area contributed by atoms with E-state index < -0.39 is 37.1 Å². The van der Waals surface area contributed by atoms with Gasteiger partial charge in [0.2, 0.25) is 0 Å². The van der Waals surface area contributed by atoms with E-state index in [1.54, 1.807) is 12.1 Å². The molecule has 0 bridgehead atoms. The number of rotatable bonds is 4. The van der Waals surface area contributed by atoms with Gasteiger partial charge < -0.3 is 35.2 Å². The minimum Gasteiger partial charge on any atom is -0.484 e. The van der Waals surface area contributed by atoms with Gasteiger partial charge in [0.05, 0.1) is 18.8 Å². The van der Waals surface area contributed by atoms with E-state index in [-0.39, 0.29) is 5.60 Å². The molecule has 4 rings (SSSR count). The van der Waals surface area contributed by atoms with Crippen molar-refractivity contribution in [1.82, 2.24) is 0 Å². The van der Waals surface area contributed by atoms with Crippen molar-refractivity contribution in [3.05, 3.63) is 58.1 Å². The highest BCUT2D eigenvalue weighted by Crippen LogP contribution is 2.36. The fourth-order valence-corrected chi connectivity index (χ4v) is 4.24. The molecule has 1 saturated heterocycles. The molecule has 0 unspecified atom stereocenters. The maximum atomic E-state index is 10.4. The third-order valence-corrected chi connectivity index (χ3v) is 6.19. The number of aliphatic hydroxyl groups is 4. The standard InChI is InChI=1S/C23H28ClNO6/c1-23(2)11-25-16-8-12(3-6-17(16)31-23)7-14-9-13(4-5-15(14)24)22-21(29)20(28)19(27)18(10-26)30-22/h3-6,8-9,18-22,25-29H,7,10-11H2,1-2H3/t18-,19-,20+,21-,22+/m1/s1. The van der Waals surface area contributed by atoms with Gasteiger partial charge >= 0.3 is 0 Å². The highest BCUT2D eigenvalue weighted by molar-refractivity contribution is 6.31. The molecular formula is C23H28ClNO6. The Balaban J connectivity index is 1.58. The summed E-state index contributed by atoms with van der Waals surface area (Å²) in [6.45, 7) is 4.29. The van der Waals surface area contributed by atoms with Crippen LogP contribution in [0.3, 0.4) is 0 Å². The predicted octanol–water partition coefficient (Wildman–Crippen LogP) is 2.03. The van der Waals surface area contributed by atoms with E-state index >= 15 is 0 Å². The summed E-state index contributed by atoms with van der Waals surface area (Å²) < 4.78 is 11.7. The average Bonchev–Trinajstić information content (AvgIpc) is 2.74. The van der Waals surface area contributed by atoms with Gasteiger partial charge in [-0.2, -0.15) is 0 Å². The number of anilines is 1. The van der Waals surface area contributed by atoms with Gasteiger partial charge in [0.25, 0.3) is 0 Å². The molecule has 8 heteroatoms. The number of halogens is 1. The summed E-state index contributed by atoms with van der Waals surface area (Å²) in [7, 11) is 0. The number of nitrogens with one attached hydrogen (secondary N) is 1. The molecule has 7 nitrogen and oxygen atoms in total. The lowest BCUT2D eigenvalue weighted by molar-refractivity contribution is -0.231. The van der Waals surface area contributed by atoms with Crippen molar-refractivity contribution in [3.63, 3.8) is 0 Å². The summed E-state index contributed by atoms with van der Waals surface area (Å²) in [4.78, 5) is 0. The number of benzene rings is 2. The van der Waals surface area contributed by atoms with Gasteiger partial charge in [-0.3, -0.25) is 0 Å². The highest BCUT2D eigenvalue weighted by atomic mass is 35.5. The second kappa shape index (κ2) is 8.58. The van der Waals surface area contributed by atoms with Crippen LogP contribution in [0.4, 0.5) is 5.69 Å². The summed E-state index contributed by atoms with van der Waals surface area (Å²) >= 11 is 6.44. The van der Waals surface area contributed by atoms with Crippen molar-refractivity contribution in [2.45, 2.75) is 56.4 Å².